The lowest BCUT2D eigenvalue weighted by atomic mass is 10.1. The number of aromatic nitrogens is 3. The van der Waals surface area contributed by atoms with Crippen LogP contribution in [0.2, 0.25) is 0 Å². The van der Waals surface area contributed by atoms with Gasteiger partial charge in [0.25, 0.3) is 11.5 Å². The molecule has 0 bridgehead atoms. The molecule has 0 spiro atoms. The summed E-state index contributed by atoms with van der Waals surface area (Å²) < 4.78 is 16.2. The molecule has 4 rings (SSSR count). The van der Waals surface area contributed by atoms with Crippen LogP contribution in [0.1, 0.15) is 40.1 Å². The van der Waals surface area contributed by atoms with Crippen LogP contribution in [0, 0.1) is 12.7 Å². The molecule has 0 radical (unpaired) electrons. The minimum atomic E-state index is -0.851. The molecule has 0 saturated carbocycles. The molecule has 172 valence electrons. The molecule has 1 atom stereocenters. The fourth-order valence-electron chi connectivity index (χ4n) is 3.54. The Morgan fingerprint density at radius 3 is 2.29 bits per heavy atom. The van der Waals surface area contributed by atoms with Crippen LogP contribution in [0.15, 0.2) is 88.5 Å². The van der Waals surface area contributed by atoms with E-state index in [1.165, 1.54) is 18.2 Å². The van der Waals surface area contributed by atoms with E-state index in [2.05, 4.69) is 10.4 Å². The molecule has 0 aliphatic rings. The van der Waals surface area contributed by atoms with E-state index >= 15 is 0 Å². The second-order valence-electron chi connectivity index (χ2n) is 7.98. The largest absolute Gasteiger partial charge is 0.352 e. The summed E-state index contributed by atoms with van der Waals surface area (Å²) in [6, 6.07) is 21.6. The van der Waals surface area contributed by atoms with Crippen molar-refractivity contribution in [3.05, 3.63) is 128 Å². The Morgan fingerprint density at radius 2 is 1.62 bits per heavy atom. The van der Waals surface area contributed by atoms with Gasteiger partial charge in [0.1, 0.15) is 11.5 Å². The van der Waals surface area contributed by atoms with Crippen molar-refractivity contribution in [3.8, 4) is 5.69 Å². The highest BCUT2D eigenvalue weighted by Crippen LogP contribution is 2.12. The van der Waals surface area contributed by atoms with E-state index < -0.39 is 34.7 Å². The third kappa shape index (κ3) is 4.71. The van der Waals surface area contributed by atoms with Crippen LogP contribution in [-0.4, -0.2) is 20.3 Å². The maximum Gasteiger partial charge on any atom is 0.352 e. The summed E-state index contributed by atoms with van der Waals surface area (Å²) in [5, 5.41) is 6.73. The number of rotatable bonds is 6. The Bertz CT molecular complexity index is 1440. The summed E-state index contributed by atoms with van der Waals surface area (Å²) >= 11 is 0. The number of carbonyl (C=O) groups is 1. The van der Waals surface area contributed by atoms with Crippen LogP contribution in [0.25, 0.3) is 5.69 Å². The average Bonchev–Trinajstić information content (AvgIpc) is 2.84. The standard InChI is InChI=1S/C26H23FN4O3/c1-17-12-14-19(15-13-17)16-30-25(33)23(24(32)28-18(2)20-8-4-3-5-9-20)29-31(26(30)34)22-11-7-6-10-21(22)27/h3-15,18H,16H2,1-2H3,(H,28,32). The van der Waals surface area contributed by atoms with Crippen molar-refractivity contribution in [1.29, 1.82) is 0 Å². The Kier molecular flexibility index (Phi) is 6.49. The van der Waals surface area contributed by atoms with Gasteiger partial charge in [0.2, 0.25) is 5.69 Å². The van der Waals surface area contributed by atoms with Crippen LogP contribution in [-0.2, 0) is 6.54 Å². The molecule has 34 heavy (non-hydrogen) atoms. The summed E-state index contributed by atoms with van der Waals surface area (Å²) in [6.07, 6.45) is 0. The Hall–Kier alpha value is -4.33. The van der Waals surface area contributed by atoms with E-state index in [9.17, 15) is 18.8 Å². The highest BCUT2D eigenvalue weighted by atomic mass is 19.1. The van der Waals surface area contributed by atoms with Crippen molar-refractivity contribution >= 4 is 5.91 Å². The van der Waals surface area contributed by atoms with Gasteiger partial charge in [-0.05, 0) is 37.1 Å². The Morgan fingerprint density at radius 1 is 0.971 bits per heavy atom. The molecule has 1 unspecified atom stereocenters. The van der Waals surface area contributed by atoms with Crippen LogP contribution in [0.3, 0.4) is 0 Å². The lowest BCUT2D eigenvalue weighted by Gasteiger charge is -2.16. The van der Waals surface area contributed by atoms with Crippen LogP contribution in [0.4, 0.5) is 4.39 Å². The third-order valence-electron chi connectivity index (χ3n) is 5.46. The second kappa shape index (κ2) is 9.66. The van der Waals surface area contributed by atoms with Crippen LogP contribution in [0.5, 0.6) is 0 Å². The number of benzene rings is 3. The third-order valence-corrected chi connectivity index (χ3v) is 5.46. The number of hydrogen-bond donors (Lipinski definition) is 1. The molecule has 8 heteroatoms. The maximum atomic E-state index is 14.5. The topological polar surface area (TPSA) is 86.0 Å². The molecule has 4 aromatic rings. The van der Waals surface area contributed by atoms with Gasteiger partial charge < -0.3 is 5.32 Å². The van der Waals surface area contributed by atoms with Crippen molar-refractivity contribution in [1.82, 2.24) is 19.7 Å². The molecule has 3 aromatic carbocycles. The van der Waals surface area contributed by atoms with E-state index in [1.807, 2.05) is 49.4 Å². The van der Waals surface area contributed by atoms with Crippen molar-refractivity contribution in [2.24, 2.45) is 0 Å². The molecule has 0 aliphatic carbocycles. The number of nitrogens with one attached hydrogen (secondary N) is 1. The molecular formula is C26H23FN4O3. The molecule has 0 aliphatic heterocycles. The van der Waals surface area contributed by atoms with E-state index in [-0.39, 0.29) is 12.2 Å². The highest BCUT2D eigenvalue weighted by molar-refractivity contribution is 5.92. The van der Waals surface area contributed by atoms with Gasteiger partial charge in [-0.15, -0.1) is 0 Å². The smallest absolute Gasteiger partial charge is 0.344 e. The molecule has 7 nitrogen and oxygen atoms in total. The van der Waals surface area contributed by atoms with E-state index in [1.54, 1.807) is 25.1 Å². The second-order valence-corrected chi connectivity index (χ2v) is 7.98. The normalized spacial score (nSPS) is 11.7. The van der Waals surface area contributed by atoms with Gasteiger partial charge in [0.05, 0.1) is 12.6 Å². The first-order valence-corrected chi connectivity index (χ1v) is 10.8. The fourth-order valence-corrected chi connectivity index (χ4v) is 3.54. The first-order valence-electron chi connectivity index (χ1n) is 10.8. The van der Waals surface area contributed by atoms with Crippen molar-refractivity contribution in [3.63, 3.8) is 0 Å². The molecule has 0 saturated heterocycles. The van der Waals surface area contributed by atoms with Gasteiger partial charge in [-0.2, -0.15) is 9.78 Å². The number of halogens is 1. The van der Waals surface area contributed by atoms with Crippen molar-refractivity contribution in [2.75, 3.05) is 0 Å². The quantitative estimate of drug-likeness (QED) is 0.480. The minimum Gasteiger partial charge on any atom is -0.344 e. The van der Waals surface area contributed by atoms with E-state index in [0.717, 1.165) is 20.4 Å². The molecule has 1 amide bonds. The molecule has 1 N–H and O–H groups in total. The van der Waals surface area contributed by atoms with Crippen molar-refractivity contribution < 1.29 is 9.18 Å². The summed E-state index contributed by atoms with van der Waals surface area (Å²) in [5.41, 5.74) is 0.176. The summed E-state index contributed by atoms with van der Waals surface area (Å²) in [5.74, 6) is -1.47. The molecule has 0 fully saturated rings. The summed E-state index contributed by atoms with van der Waals surface area (Å²) in [6.45, 7) is 3.60. The summed E-state index contributed by atoms with van der Waals surface area (Å²) in [4.78, 5) is 39.5. The van der Waals surface area contributed by atoms with Crippen molar-refractivity contribution in [2.45, 2.75) is 26.4 Å². The predicted octanol–water partition coefficient (Wildman–Crippen LogP) is 3.38. The minimum absolute atomic E-state index is 0.0938. The summed E-state index contributed by atoms with van der Waals surface area (Å²) in [7, 11) is 0. The number of amides is 1. The van der Waals surface area contributed by atoms with Crippen LogP contribution < -0.4 is 16.6 Å². The molecule has 1 heterocycles. The van der Waals surface area contributed by atoms with Gasteiger partial charge in [0.15, 0.2) is 0 Å². The lowest BCUT2D eigenvalue weighted by molar-refractivity contribution is 0.0930. The molecular weight excluding hydrogens is 435 g/mol. The first kappa shape index (κ1) is 22.8. The van der Waals surface area contributed by atoms with Gasteiger partial charge in [-0.1, -0.05) is 72.3 Å². The monoisotopic (exact) mass is 458 g/mol. The number of nitrogens with zero attached hydrogens (tertiary/aromatic N) is 3. The zero-order valence-electron chi connectivity index (χ0n) is 18.7. The Labute approximate surface area is 195 Å². The molecule has 1 aromatic heterocycles. The zero-order valence-corrected chi connectivity index (χ0v) is 18.7. The van der Waals surface area contributed by atoms with Gasteiger partial charge in [-0.25, -0.2) is 9.18 Å². The number of carbonyl (C=O) groups excluding carboxylic acids is 1. The van der Waals surface area contributed by atoms with Gasteiger partial charge in [-0.3, -0.25) is 14.2 Å². The SMILES string of the molecule is Cc1ccc(Cn2c(=O)c(C(=O)NC(C)c3ccccc3)nn(-c3ccccc3F)c2=O)cc1. The fraction of sp³-hybridized carbons (Fsp3) is 0.154. The Balaban J connectivity index is 1.82. The maximum absolute atomic E-state index is 14.5. The van der Waals surface area contributed by atoms with Crippen LogP contribution >= 0.6 is 0 Å². The van der Waals surface area contributed by atoms with E-state index in [0.29, 0.717) is 5.56 Å². The zero-order chi connectivity index (χ0) is 24.2. The predicted molar refractivity (Wildman–Crippen MR) is 127 cm³/mol. The lowest BCUT2D eigenvalue weighted by Crippen LogP contribution is -2.46. The number of hydrogen-bond acceptors (Lipinski definition) is 4. The average molecular weight is 458 g/mol. The number of aryl methyl sites for hydroxylation is 1. The van der Waals surface area contributed by atoms with E-state index in [4.69, 9.17) is 0 Å². The van der Waals surface area contributed by atoms with Gasteiger partial charge in [0, 0.05) is 0 Å². The van der Waals surface area contributed by atoms with Gasteiger partial charge >= 0.3 is 5.69 Å². The highest BCUT2D eigenvalue weighted by Gasteiger charge is 2.23. The first-order chi connectivity index (χ1) is 16.3. The number of para-hydroxylation sites is 1.